The molecule has 1 saturated heterocycles. The number of aromatic nitrogens is 2. The van der Waals surface area contributed by atoms with Crippen molar-refractivity contribution in [2.75, 3.05) is 11.9 Å². The Morgan fingerprint density at radius 1 is 1.57 bits per heavy atom. The molecule has 2 amide bonds. The van der Waals surface area contributed by atoms with Gasteiger partial charge in [-0.15, -0.1) is 0 Å². The first-order valence-corrected chi connectivity index (χ1v) is 6.80. The van der Waals surface area contributed by atoms with E-state index in [-0.39, 0.29) is 24.2 Å². The van der Waals surface area contributed by atoms with Crippen molar-refractivity contribution < 1.29 is 19.4 Å². The number of rotatable bonds is 4. The van der Waals surface area contributed by atoms with Crippen LogP contribution in [-0.2, 0) is 16.1 Å². The van der Waals surface area contributed by atoms with Gasteiger partial charge in [-0.25, -0.2) is 4.79 Å². The molecule has 116 valence electrons. The van der Waals surface area contributed by atoms with E-state index in [1.54, 1.807) is 0 Å². The molecule has 1 atom stereocenters. The van der Waals surface area contributed by atoms with Gasteiger partial charge >= 0.3 is 12.0 Å². The van der Waals surface area contributed by atoms with E-state index in [4.69, 9.17) is 9.84 Å². The van der Waals surface area contributed by atoms with E-state index < -0.39 is 5.97 Å². The van der Waals surface area contributed by atoms with Crippen LogP contribution in [0.1, 0.15) is 26.7 Å². The third kappa shape index (κ3) is 4.75. The summed E-state index contributed by atoms with van der Waals surface area (Å²) in [6.07, 6.45) is 4.41. The molecule has 1 fully saturated rings. The van der Waals surface area contributed by atoms with Gasteiger partial charge in [-0.3, -0.25) is 9.48 Å². The molecule has 1 aromatic rings. The molecule has 0 saturated carbocycles. The van der Waals surface area contributed by atoms with Gasteiger partial charge in [-0.1, -0.05) is 0 Å². The van der Waals surface area contributed by atoms with Crippen LogP contribution in [0.25, 0.3) is 0 Å². The third-order valence-corrected chi connectivity index (χ3v) is 3.22. The van der Waals surface area contributed by atoms with Crippen molar-refractivity contribution in [1.82, 2.24) is 15.1 Å². The number of hydrogen-bond acceptors (Lipinski definition) is 4. The predicted molar refractivity (Wildman–Crippen MR) is 75.1 cm³/mol. The van der Waals surface area contributed by atoms with Crippen molar-refractivity contribution in [3.8, 4) is 0 Å². The summed E-state index contributed by atoms with van der Waals surface area (Å²) in [7, 11) is 0. The van der Waals surface area contributed by atoms with Crippen LogP contribution in [0.4, 0.5) is 10.5 Å². The summed E-state index contributed by atoms with van der Waals surface area (Å²) in [5.41, 5.74) is 0.225. The first-order valence-electron chi connectivity index (χ1n) is 6.80. The number of amides is 2. The van der Waals surface area contributed by atoms with Crippen LogP contribution in [0.5, 0.6) is 0 Å². The summed E-state index contributed by atoms with van der Waals surface area (Å²) in [4.78, 5) is 22.5. The molecule has 3 N–H and O–H groups in total. The highest BCUT2D eigenvalue weighted by Gasteiger charge is 2.29. The van der Waals surface area contributed by atoms with E-state index in [2.05, 4.69) is 15.7 Å². The minimum atomic E-state index is -0.987. The molecule has 21 heavy (non-hydrogen) atoms. The quantitative estimate of drug-likeness (QED) is 0.770. The Morgan fingerprint density at radius 3 is 3.00 bits per heavy atom. The number of anilines is 1. The normalized spacial score (nSPS) is 20.8. The molecule has 1 aliphatic heterocycles. The molecule has 1 aliphatic rings. The number of urea groups is 1. The monoisotopic (exact) mass is 296 g/mol. The highest BCUT2D eigenvalue weighted by atomic mass is 16.5. The highest BCUT2D eigenvalue weighted by molar-refractivity contribution is 5.89. The third-order valence-electron chi connectivity index (χ3n) is 3.22. The number of ether oxygens (including phenoxy) is 1. The largest absolute Gasteiger partial charge is 0.480 e. The van der Waals surface area contributed by atoms with E-state index in [0.717, 1.165) is 12.8 Å². The molecule has 2 heterocycles. The van der Waals surface area contributed by atoms with Crippen LogP contribution in [0, 0.1) is 0 Å². The Balaban J connectivity index is 1.84. The number of nitrogens with zero attached hydrogens (tertiary/aromatic N) is 2. The van der Waals surface area contributed by atoms with Gasteiger partial charge in [0.1, 0.15) is 6.54 Å². The van der Waals surface area contributed by atoms with Gasteiger partial charge in [0.2, 0.25) is 0 Å². The molecule has 1 aromatic heterocycles. The van der Waals surface area contributed by atoms with Crippen molar-refractivity contribution >= 4 is 17.7 Å². The van der Waals surface area contributed by atoms with E-state index >= 15 is 0 Å². The van der Waals surface area contributed by atoms with Crippen LogP contribution in [-0.4, -0.2) is 45.1 Å². The number of carbonyl (C=O) groups excluding carboxylic acids is 1. The Kier molecular flexibility index (Phi) is 4.46. The van der Waals surface area contributed by atoms with E-state index in [1.807, 2.05) is 13.8 Å². The lowest BCUT2D eigenvalue weighted by Crippen LogP contribution is -2.47. The van der Waals surface area contributed by atoms with Crippen molar-refractivity contribution in [2.45, 2.75) is 44.9 Å². The fraction of sp³-hybridized carbons (Fsp3) is 0.615. The summed E-state index contributed by atoms with van der Waals surface area (Å²) >= 11 is 0. The van der Waals surface area contributed by atoms with E-state index in [1.165, 1.54) is 17.1 Å². The number of aliphatic carboxylic acids is 1. The second-order valence-corrected chi connectivity index (χ2v) is 5.72. The molecule has 1 unspecified atom stereocenters. The maximum atomic E-state index is 11.9. The molecule has 8 heteroatoms. The van der Waals surface area contributed by atoms with Gasteiger partial charge in [0.05, 0.1) is 17.5 Å². The smallest absolute Gasteiger partial charge is 0.325 e. The molecule has 0 radical (unpaired) electrons. The van der Waals surface area contributed by atoms with Crippen LogP contribution >= 0.6 is 0 Å². The first-order chi connectivity index (χ1) is 9.84. The lowest BCUT2D eigenvalue weighted by Gasteiger charge is -2.35. The van der Waals surface area contributed by atoms with Crippen molar-refractivity contribution in [3.63, 3.8) is 0 Å². The number of nitrogens with one attached hydrogen (secondary N) is 2. The lowest BCUT2D eigenvalue weighted by molar-refractivity contribution is -0.137. The average molecular weight is 296 g/mol. The highest BCUT2D eigenvalue weighted by Crippen LogP contribution is 2.23. The maximum Gasteiger partial charge on any atom is 0.325 e. The molecule has 0 aromatic carbocycles. The zero-order valence-electron chi connectivity index (χ0n) is 12.1. The maximum absolute atomic E-state index is 11.9. The van der Waals surface area contributed by atoms with Gasteiger partial charge in [-0.05, 0) is 26.7 Å². The average Bonchev–Trinajstić information content (AvgIpc) is 2.73. The zero-order valence-corrected chi connectivity index (χ0v) is 12.1. The minimum absolute atomic E-state index is 0.0582. The number of carbonyl (C=O) groups is 2. The van der Waals surface area contributed by atoms with Crippen LogP contribution in [0.3, 0.4) is 0 Å². The summed E-state index contributed by atoms with van der Waals surface area (Å²) in [5.74, 6) is -0.987. The molecule has 0 aliphatic carbocycles. The Morgan fingerprint density at radius 2 is 2.33 bits per heavy atom. The van der Waals surface area contributed by atoms with Crippen molar-refractivity contribution in [1.29, 1.82) is 0 Å². The summed E-state index contributed by atoms with van der Waals surface area (Å²) in [6.45, 7) is 4.37. The van der Waals surface area contributed by atoms with E-state index in [0.29, 0.717) is 12.3 Å². The molecule has 0 bridgehead atoms. The molecular weight excluding hydrogens is 276 g/mol. The predicted octanol–water partition coefficient (Wildman–Crippen LogP) is 1.05. The Bertz CT molecular complexity index is 526. The second-order valence-electron chi connectivity index (χ2n) is 5.72. The van der Waals surface area contributed by atoms with Gasteiger partial charge in [0.15, 0.2) is 0 Å². The van der Waals surface area contributed by atoms with Crippen LogP contribution in [0.2, 0.25) is 0 Å². The van der Waals surface area contributed by atoms with Gasteiger partial charge in [-0.2, -0.15) is 5.10 Å². The summed E-state index contributed by atoms with van der Waals surface area (Å²) in [6, 6.07) is -0.268. The van der Waals surface area contributed by atoms with Crippen molar-refractivity contribution in [2.24, 2.45) is 0 Å². The summed E-state index contributed by atoms with van der Waals surface area (Å²) in [5, 5.41) is 18.0. The standard InChI is InChI=1S/C13H20N4O4/c1-13(2)5-9(3-4-21-13)15-12(20)16-10-6-14-17(7-10)8-11(18)19/h6-7,9H,3-5,8H2,1-2H3,(H,18,19)(H2,15,16,20). The second kappa shape index (κ2) is 6.13. The molecule has 2 rings (SSSR count). The Labute approximate surface area is 122 Å². The van der Waals surface area contributed by atoms with Crippen molar-refractivity contribution in [3.05, 3.63) is 12.4 Å². The molecule has 0 spiro atoms. The number of carboxylic acid groups (broad SMARTS) is 1. The zero-order chi connectivity index (χ0) is 15.5. The number of hydrogen-bond donors (Lipinski definition) is 3. The lowest BCUT2D eigenvalue weighted by atomic mass is 9.94. The van der Waals surface area contributed by atoms with Crippen LogP contribution in [0.15, 0.2) is 12.4 Å². The van der Waals surface area contributed by atoms with Gasteiger partial charge in [0, 0.05) is 18.8 Å². The SMILES string of the molecule is CC1(C)CC(NC(=O)Nc2cnn(CC(=O)O)c2)CCO1. The molecule has 8 nitrogen and oxygen atoms in total. The van der Waals surface area contributed by atoms with E-state index in [9.17, 15) is 9.59 Å². The first kappa shape index (κ1) is 15.3. The fourth-order valence-electron chi connectivity index (χ4n) is 2.36. The minimum Gasteiger partial charge on any atom is -0.480 e. The Hall–Kier alpha value is -2.09. The summed E-state index contributed by atoms with van der Waals surface area (Å²) < 4.78 is 6.84. The van der Waals surface area contributed by atoms with Gasteiger partial charge < -0.3 is 20.5 Å². The number of carboxylic acids is 1. The fourth-order valence-corrected chi connectivity index (χ4v) is 2.36. The van der Waals surface area contributed by atoms with Crippen LogP contribution < -0.4 is 10.6 Å². The topological polar surface area (TPSA) is 105 Å². The molecular formula is C13H20N4O4. The van der Waals surface area contributed by atoms with Gasteiger partial charge in [0.25, 0.3) is 0 Å².